The molecule has 1 aromatic carbocycles. The number of halogens is 6. The second-order valence-corrected chi connectivity index (χ2v) is 9.82. The largest absolute Gasteiger partial charge is 0.493 e. The Labute approximate surface area is 228 Å². The molecule has 9 nitrogen and oxygen atoms in total. The van der Waals surface area contributed by atoms with Crippen LogP contribution in [0.1, 0.15) is 49.7 Å². The highest BCUT2D eigenvalue weighted by Crippen LogP contribution is 2.43. The van der Waals surface area contributed by atoms with Gasteiger partial charge in [0.15, 0.2) is 5.82 Å². The smallest absolute Gasteiger partial charge is 0.411 e. The van der Waals surface area contributed by atoms with Crippen molar-refractivity contribution in [3.63, 3.8) is 0 Å². The van der Waals surface area contributed by atoms with Crippen molar-refractivity contribution in [1.82, 2.24) is 25.4 Å². The SMILES string of the molecule is Cc1ccc(-n2nc3c(c2C(=O)NCC(F)(F)F)C(=O)N[C@@]2(CCOc4cc(COCC(F)(F)F)ccc42)C3)nc1. The molecule has 0 saturated carbocycles. The molecule has 0 saturated heterocycles. The number of carbonyl (C=O) groups excluding carboxylic acids is 2. The van der Waals surface area contributed by atoms with Crippen LogP contribution in [0.15, 0.2) is 36.5 Å². The molecule has 2 N–H and O–H groups in total. The van der Waals surface area contributed by atoms with E-state index in [1.165, 1.54) is 18.3 Å². The highest BCUT2D eigenvalue weighted by atomic mass is 19.4. The minimum Gasteiger partial charge on any atom is -0.493 e. The summed E-state index contributed by atoms with van der Waals surface area (Å²) in [7, 11) is 0. The highest BCUT2D eigenvalue weighted by molar-refractivity contribution is 6.08. The summed E-state index contributed by atoms with van der Waals surface area (Å²) in [6, 6.07) is 7.89. The topological polar surface area (TPSA) is 107 Å². The zero-order chi connectivity index (χ0) is 29.6. The number of carbonyl (C=O) groups is 2. The molecule has 5 rings (SSSR count). The summed E-state index contributed by atoms with van der Waals surface area (Å²) in [4.78, 5) is 30.8. The Morgan fingerprint density at radius 1 is 1.17 bits per heavy atom. The number of pyridine rings is 1. The van der Waals surface area contributed by atoms with Gasteiger partial charge in [0.05, 0.1) is 30.0 Å². The van der Waals surface area contributed by atoms with E-state index >= 15 is 0 Å². The molecular weight excluding hydrogens is 560 g/mol. The zero-order valence-corrected chi connectivity index (χ0v) is 21.4. The van der Waals surface area contributed by atoms with E-state index in [1.807, 2.05) is 0 Å². The van der Waals surface area contributed by atoms with E-state index in [1.54, 1.807) is 30.4 Å². The molecule has 0 fully saturated rings. The summed E-state index contributed by atoms with van der Waals surface area (Å²) in [5.41, 5.74) is 0.286. The predicted molar refractivity (Wildman–Crippen MR) is 130 cm³/mol. The summed E-state index contributed by atoms with van der Waals surface area (Å²) in [5.74, 6) is -1.43. The van der Waals surface area contributed by atoms with E-state index in [-0.39, 0.29) is 36.7 Å². The van der Waals surface area contributed by atoms with Gasteiger partial charge in [-0.25, -0.2) is 9.67 Å². The third-order valence-electron chi connectivity index (χ3n) is 6.67. The molecule has 2 aromatic heterocycles. The fourth-order valence-electron chi connectivity index (χ4n) is 4.90. The average Bonchev–Trinajstić information content (AvgIpc) is 3.26. The number of aryl methyl sites for hydroxylation is 1. The summed E-state index contributed by atoms with van der Waals surface area (Å²) in [6.07, 6.45) is -7.32. The lowest BCUT2D eigenvalue weighted by molar-refractivity contribution is -0.176. The molecule has 15 heteroatoms. The second-order valence-electron chi connectivity index (χ2n) is 9.82. The monoisotopic (exact) mass is 583 g/mol. The van der Waals surface area contributed by atoms with Crippen LogP contribution in [-0.2, 0) is 23.3 Å². The van der Waals surface area contributed by atoms with Crippen molar-refractivity contribution >= 4 is 11.8 Å². The molecule has 41 heavy (non-hydrogen) atoms. The maximum absolute atomic E-state index is 13.5. The zero-order valence-electron chi connectivity index (χ0n) is 21.4. The highest BCUT2D eigenvalue weighted by Gasteiger charge is 2.47. The van der Waals surface area contributed by atoms with Gasteiger partial charge in [-0.3, -0.25) is 9.59 Å². The third kappa shape index (κ3) is 5.99. The Morgan fingerprint density at radius 2 is 1.95 bits per heavy atom. The molecule has 218 valence electrons. The van der Waals surface area contributed by atoms with E-state index in [4.69, 9.17) is 9.47 Å². The number of aromatic nitrogens is 3. The van der Waals surface area contributed by atoms with E-state index in [2.05, 4.69) is 15.4 Å². The van der Waals surface area contributed by atoms with Gasteiger partial charge in [-0.1, -0.05) is 18.2 Å². The average molecular weight is 583 g/mol. The lowest BCUT2D eigenvalue weighted by atomic mass is 9.77. The number of ether oxygens (including phenoxy) is 2. The van der Waals surface area contributed by atoms with Gasteiger partial charge in [-0.2, -0.15) is 31.4 Å². The molecule has 1 atom stereocenters. The van der Waals surface area contributed by atoms with E-state index in [9.17, 15) is 35.9 Å². The molecule has 2 amide bonds. The van der Waals surface area contributed by atoms with Gasteiger partial charge in [-0.15, -0.1) is 0 Å². The second kappa shape index (κ2) is 10.4. The number of fused-ring (bicyclic) bond motifs is 3. The predicted octanol–water partition coefficient (Wildman–Crippen LogP) is 3.91. The Bertz CT molecular complexity index is 1490. The van der Waals surface area contributed by atoms with E-state index < -0.39 is 48.6 Å². The normalized spacial score (nSPS) is 18.4. The van der Waals surface area contributed by atoms with Crippen LogP contribution >= 0.6 is 0 Å². The molecule has 1 spiro atoms. The van der Waals surface area contributed by atoms with Crippen molar-refractivity contribution in [3.8, 4) is 11.6 Å². The Kier molecular flexibility index (Phi) is 7.17. The first-order valence-electron chi connectivity index (χ1n) is 12.4. The number of nitrogens with one attached hydrogen (secondary N) is 2. The lowest BCUT2D eigenvalue weighted by Gasteiger charge is -2.41. The maximum Gasteiger partial charge on any atom is 0.411 e. The van der Waals surface area contributed by atoms with Crippen LogP contribution in [0.3, 0.4) is 0 Å². The van der Waals surface area contributed by atoms with Crippen LogP contribution in [0.25, 0.3) is 5.82 Å². The molecule has 0 radical (unpaired) electrons. The first-order chi connectivity index (χ1) is 19.2. The number of nitrogens with zero attached hydrogens (tertiary/aromatic N) is 3. The fourth-order valence-corrected chi connectivity index (χ4v) is 4.90. The van der Waals surface area contributed by atoms with Crippen molar-refractivity contribution in [2.24, 2.45) is 0 Å². The quantitative estimate of drug-likeness (QED) is 0.427. The van der Waals surface area contributed by atoms with Gasteiger partial charge < -0.3 is 20.1 Å². The summed E-state index contributed by atoms with van der Waals surface area (Å²) in [5, 5.41) is 9.15. The number of amides is 2. The minimum absolute atomic E-state index is 0.0623. The van der Waals surface area contributed by atoms with Crippen LogP contribution in [0.5, 0.6) is 5.75 Å². The van der Waals surface area contributed by atoms with E-state index in [0.717, 1.165) is 10.2 Å². The van der Waals surface area contributed by atoms with Crippen LogP contribution in [-0.4, -0.2) is 58.7 Å². The van der Waals surface area contributed by atoms with Crippen molar-refractivity contribution in [3.05, 3.63) is 70.2 Å². The fraction of sp³-hybridized carbons (Fsp3) is 0.385. The first kappa shape index (κ1) is 28.4. The number of rotatable bonds is 6. The van der Waals surface area contributed by atoms with Crippen molar-refractivity contribution in [2.45, 2.75) is 44.3 Å². The van der Waals surface area contributed by atoms with Crippen LogP contribution < -0.4 is 15.4 Å². The molecule has 4 heterocycles. The number of hydrogen-bond acceptors (Lipinski definition) is 6. The molecule has 0 aliphatic carbocycles. The van der Waals surface area contributed by atoms with Crippen molar-refractivity contribution in [1.29, 1.82) is 0 Å². The van der Waals surface area contributed by atoms with Crippen molar-refractivity contribution < 1.29 is 45.4 Å². The van der Waals surface area contributed by atoms with Gasteiger partial charge in [0.25, 0.3) is 11.8 Å². The Hall–Kier alpha value is -4.14. The lowest BCUT2D eigenvalue weighted by Crippen LogP contribution is -2.53. The molecule has 2 aliphatic rings. The molecular formula is C26H23F6N5O4. The van der Waals surface area contributed by atoms with Crippen LogP contribution in [0.2, 0.25) is 0 Å². The summed E-state index contributed by atoms with van der Waals surface area (Å²) < 4.78 is 87.5. The molecule has 0 bridgehead atoms. The van der Waals surface area contributed by atoms with Gasteiger partial charge in [-0.05, 0) is 30.2 Å². The standard InChI is InChI=1S/C26H23F6N5O4/c1-14-2-5-19(33-10-14)37-21(23(39)34-12-25(27,28)29)20-17(36-37)9-24(35-22(20)38)6-7-41-18-8-15(3-4-16(18)24)11-40-13-26(30,31)32/h2-5,8,10H,6-7,9,11-13H2,1H3,(H,34,39)(H,35,38)/t24-/m0/s1. The van der Waals surface area contributed by atoms with Gasteiger partial charge >= 0.3 is 12.4 Å². The number of alkyl halides is 6. The van der Waals surface area contributed by atoms with Gasteiger partial charge in [0, 0.05) is 24.6 Å². The van der Waals surface area contributed by atoms with E-state index in [0.29, 0.717) is 23.3 Å². The Morgan fingerprint density at radius 3 is 2.63 bits per heavy atom. The Balaban J connectivity index is 1.51. The number of benzene rings is 1. The molecule has 2 aliphatic heterocycles. The van der Waals surface area contributed by atoms with Crippen LogP contribution in [0.4, 0.5) is 26.3 Å². The summed E-state index contributed by atoms with van der Waals surface area (Å²) in [6.45, 7) is -1.42. The summed E-state index contributed by atoms with van der Waals surface area (Å²) >= 11 is 0. The third-order valence-corrected chi connectivity index (χ3v) is 6.67. The first-order valence-corrected chi connectivity index (χ1v) is 12.4. The number of hydrogen-bond donors (Lipinski definition) is 2. The maximum atomic E-state index is 13.5. The van der Waals surface area contributed by atoms with Crippen molar-refractivity contribution in [2.75, 3.05) is 19.8 Å². The molecule has 0 unspecified atom stereocenters. The van der Waals surface area contributed by atoms with Crippen LogP contribution in [0, 0.1) is 6.92 Å². The van der Waals surface area contributed by atoms with Gasteiger partial charge in [0.2, 0.25) is 0 Å². The van der Waals surface area contributed by atoms with Gasteiger partial charge in [0.1, 0.15) is 24.6 Å². The minimum atomic E-state index is -4.68. The molecule has 3 aromatic rings.